The van der Waals surface area contributed by atoms with Gasteiger partial charge in [-0.3, -0.25) is 0 Å². The van der Waals surface area contributed by atoms with Crippen LogP contribution in [0.4, 0.5) is 0 Å². The van der Waals surface area contributed by atoms with Crippen LogP contribution in [0.1, 0.15) is 17.5 Å². The first-order chi connectivity index (χ1) is 7.24. The average Bonchev–Trinajstić information content (AvgIpc) is 2.66. The predicted molar refractivity (Wildman–Crippen MR) is 59.4 cm³/mol. The van der Waals surface area contributed by atoms with Crippen molar-refractivity contribution in [3.05, 3.63) is 21.7 Å². The van der Waals surface area contributed by atoms with Gasteiger partial charge in [0.2, 0.25) is 6.79 Å². The third kappa shape index (κ3) is 1.86. The van der Waals surface area contributed by atoms with E-state index in [9.17, 15) is 4.79 Å². The van der Waals surface area contributed by atoms with Gasteiger partial charge in [0.05, 0.1) is 0 Å². The molecule has 0 fully saturated rings. The van der Waals surface area contributed by atoms with E-state index < -0.39 is 0 Å². The lowest BCUT2D eigenvalue weighted by molar-refractivity contribution is -0.107. The summed E-state index contributed by atoms with van der Waals surface area (Å²) >= 11 is 3.47. The molecular weight excluding hydrogens is 260 g/mol. The molecule has 4 heteroatoms. The summed E-state index contributed by atoms with van der Waals surface area (Å²) in [6.07, 6.45) is 2.12. The van der Waals surface area contributed by atoms with E-state index in [4.69, 9.17) is 9.47 Å². The molecule has 0 unspecified atom stereocenters. The molecule has 0 aliphatic carbocycles. The molecule has 0 aromatic heterocycles. The van der Waals surface area contributed by atoms with Crippen molar-refractivity contribution < 1.29 is 14.3 Å². The first kappa shape index (κ1) is 10.5. The molecule has 1 heterocycles. The Hall–Kier alpha value is -1.03. The molecule has 3 nitrogen and oxygen atoms in total. The highest BCUT2D eigenvalue weighted by atomic mass is 79.9. The van der Waals surface area contributed by atoms with Crippen molar-refractivity contribution in [2.45, 2.75) is 19.8 Å². The van der Waals surface area contributed by atoms with Gasteiger partial charge in [-0.05, 0) is 25.0 Å². The highest BCUT2D eigenvalue weighted by Gasteiger charge is 2.21. The van der Waals surface area contributed by atoms with Crippen molar-refractivity contribution in [1.29, 1.82) is 0 Å². The Morgan fingerprint density at radius 3 is 3.07 bits per heavy atom. The Kier molecular flexibility index (Phi) is 2.95. The Morgan fingerprint density at radius 1 is 1.53 bits per heavy atom. The minimum Gasteiger partial charge on any atom is -0.454 e. The van der Waals surface area contributed by atoms with Gasteiger partial charge in [0, 0.05) is 16.5 Å². The lowest BCUT2D eigenvalue weighted by atomic mass is 10.0. The maximum atomic E-state index is 10.4. The third-order valence-corrected chi connectivity index (χ3v) is 3.32. The molecule has 1 aromatic rings. The minimum atomic E-state index is 0.263. The number of hydrogen-bond acceptors (Lipinski definition) is 3. The standard InChI is InChI=1S/C11H11BrO3/c1-7-8(3-2-4-13)11-10(5-9(7)12)14-6-15-11/h4-5H,2-3,6H2,1H3. The van der Waals surface area contributed by atoms with Gasteiger partial charge in [-0.15, -0.1) is 0 Å². The smallest absolute Gasteiger partial charge is 0.231 e. The third-order valence-electron chi connectivity index (χ3n) is 2.50. The van der Waals surface area contributed by atoms with Crippen LogP contribution in [0.2, 0.25) is 0 Å². The number of hydrogen-bond donors (Lipinski definition) is 0. The molecule has 1 aromatic carbocycles. The number of carbonyl (C=O) groups excluding carboxylic acids is 1. The second kappa shape index (κ2) is 4.23. The number of fused-ring (bicyclic) bond motifs is 1. The van der Waals surface area contributed by atoms with E-state index in [-0.39, 0.29) is 6.79 Å². The summed E-state index contributed by atoms with van der Waals surface area (Å²) in [6, 6.07) is 1.90. The van der Waals surface area contributed by atoms with Crippen LogP contribution in [0, 0.1) is 6.92 Å². The highest BCUT2D eigenvalue weighted by Crippen LogP contribution is 2.41. The van der Waals surface area contributed by atoms with Crippen molar-refractivity contribution >= 4 is 22.2 Å². The van der Waals surface area contributed by atoms with Crippen LogP contribution in [0.15, 0.2) is 10.5 Å². The van der Waals surface area contributed by atoms with Crippen molar-refractivity contribution in [2.75, 3.05) is 6.79 Å². The molecular formula is C11H11BrO3. The summed E-state index contributed by atoms with van der Waals surface area (Å²) in [6.45, 7) is 2.27. The van der Waals surface area contributed by atoms with Crippen molar-refractivity contribution in [3.63, 3.8) is 0 Å². The second-order valence-corrected chi connectivity index (χ2v) is 4.26. The largest absolute Gasteiger partial charge is 0.454 e. The monoisotopic (exact) mass is 270 g/mol. The molecule has 0 bridgehead atoms. The molecule has 0 N–H and O–H groups in total. The molecule has 80 valence electrons. The molecule has 0 radical (unpaired) electrons. The van der Waals surface area contributed by atoms with Crippen LogP contribution in [0.3, 0.4) is 0 Å². The molecule has 0 amide bonds. The zero-order chi connectivity index (χ0) is 10.8. The van der Waals surface area contributed by atoms with Crippen LogP contribution in [-0.2, 0) is 11.2 Å². The number of benzene rings is 1. The molecule has 0 saturated heterocycles. The first-order valence-electron chi connectivity index (χ1n) is 4.75. The van der Waals surface area contributed by atoms with Gasteiger partial charge < -0.3 is 14.3 Å². The Balaban J connectivity index is 2.45. The lowest BCUT2D eigenvalue weighted by Gasteiger charge is -2.09. The van der Waals surface area contributed by atoms with Gasteiger partial charge in [0.25, 0.3) is 0 Å². The van der Waals surface area contributed by atoms with E-state index in [1.807, 2.05) is 13.0 Å². The summed E-state index contributed by atoms with van der Waals surface area (Å²) in [7, 11) is 0. The SMILES string of the molecule is Cc1c(Br)cc2c(c1CCC=O)OCO2. The van der Waals surface area contributed by atoms with Crippen molar-refractivity contribution in [1.82, 2.24) is 0 Å². The Morgan fingerprint density at radius 2 is 2.33 bits per heavy atom. The highest BCUT2D eigenvalue weighted by molar-refractivity contribution is 9.10. The lowest BCUT2D eigenvalue weighted by Crippen LogP contribution is -1.96. The predicted octanol–water partition coefficient (Wildman–Crippen LogP) is 2.62. The molecule has 0 spiro atoms. The number of aldehydes is 1. The quantitative estimate of drug-likeness (QED) is 0.793. The van der Waals surface area contributed by atoms with Crippen LogP contribution in [0.25, 0.3) is 0 Å². The topological polar surface area (TPSA) is 35.5 Å². The van der Waals surface area contributed by atoms with Gasteiger partial charge in [-0.1, -0.05) is 15.9 Å². The van der Waals surface area contributed by atoms with Gasteiger partial charge >= 0.3 is 0 Å². The van der Waals surface area contributed by atoms with Gasteiger partial charge in [-0.25, -0.2) is 0 Å². The van der Waals surface area contributed by atoms with Gasteiger partial charge in [0.15, 0.2) is 11.5 Å². The Labute approximate surface area is 96.5 Å². The van der Waals surface area contributed by atoms with E-state index >= 15 is 0 Å². The number of ether oxygens (including phenoxy) is 2. The summed E-state index contributed by atoms with van der Waals surface area (Å²) in [5.74, 6) is 1.55. The summed E-state index contributed by atoms with van der Waals surface area (Å²) in [4.78, 5) is 10.4. The van der Waals surface area contributed by atoms with E-state index in [1.165, 1.54) is 0 Å². The summed E-state index contributed by atoms with van der Waals surface area (Å²) in [5.41, 5.74) is 2.17. The maximum absolute atomic E-state index is 10.4. The van der Waals surface area contributed by atoms with Crippen LogP contribution in [-0.4, -0.2) is 13.1 Å². The summed E-state index contributed by atoms with van der Waals surface area (Å²) in [5, 5.41) is 0. The Bertz CT molecular complexity index is 401. The van der Waals surface area contributed by atoms with Crippen molar-refractivity contribution in [2.24, 2.45) is 0 Å². The van der Waals surface area contributed by atoms with E-state index in [0.717, 1.165) is 33.4 Å². The fraction of sp³-hybridized carbons (Fsp3) is 0.364. The number of carbonyl (C=O) groups is 1. The van der Waals surface area contributed by atoms with E-state index in [1.54, 1.807) is 0 Å². The number of halogens is 1. The molecule has 1 aliphatic heterocycles. The summed E-state index contributed by atoms with van der Waals surface area (Å²) < 4.78 is 11.7. The van der Waals surface area contributed by atoms with Gasteiger partial charge in [0.1, 0.15) is 6.29 Å². The maximum Gasteiger partial charge on any atom is 0.231 e. The number of rotatable bonds is 3. The normalized spacial score (nSPS) is 12.9. The van der Waals surface area contributed by atoms with Crippen LogP contribution < -0.4 is 9.47 Å². The van der Waals surface area contributed by atoms with E-state index in [2.05, 4.69) is 15.9 Å². The molecule has 0 saturated carbocycles. The molecule has 0 atom stereocenters. The zero-order valence-electron chi connectivity index (χ0n) is 8.38. The van der Waals surface area contributed by atoms with E-state index in [0.29, 0.717) is 12.8 Å². The first-order valence-corrected chi connectivity index (χ1v) is 5.54. The molecule has 2 rings (SSSR count). The average molecular weight is 271 g/mol. The zero-order valence-corrected chi connectivity index (χ0v) is 9.96. The van der Waals surface area contributed by atoms with Crippen molar-refractivity contribution in [3.8, 4) is 11.5 Å². The fourth-order valence-electron chi connectivity index (χ4n) is 1.67. The second-order valence-electron chi connectivity index (χ2n) is 3.40. The van der Waals surface area contributed by atoms with Gasteiger partial charge in [-0.2, -0.15) is 0 Å². The van der Waals surface area contributed by atoms with Crippen LogP contribution >= 0.6 is 15.9 Å². The minimum absolute atomic E-state index is 0.263. The molecule has 1 aliphatic rings. The molecule has 15 heavy (non-hydrogen) atoms. The fourth-order valence-corrected chi connectivity index (χ4v) is 2.12. The van der Waals surface area contributed by atoms with Crippen LogP contribution in [0.5, 0.6) is 11.5 Å².